The smallest absolute Gasteiger partial charge is 0.241 e. The Hall–Kier alpha value is -2.74. The third kappa shape index (κ3) is 4.87. The summed E-state index contributed by atoms with van der Waals surface area (Å²) >= 11 is 0. The van der Waals surface area contributed by atoms with Crippen LogP contribution in [0.1, 0.15) is 36.1 Å². The molecule has 0 heterocycles. The maximum atomic E-state index is 12.7. The molecule has 8 heteroatoms. The molecule has 0 aromatic heterocycles. The van der Waals surface area contributed by atoms with Crippen LogP contribution < -0.4 is 19.1 Å². The fraction of sp³-hybridized carbons (Fsp3) is 0.409. The van der Waals surface area contributed by atoms with E-state index < -0.39 is 10.0 Å². The maximum Gasteiger partial charge on any atom is 0.241 e. The summed E-state index contributed by atoms with van der Waals surface area (Å²) < 4.78 is 36.3. The van der Waals surface area contributed by atoms with Gasteiger partial charge in [0, 0.05) is 6.07 Å². The minimum Gasteiger partial charge on any atom is -0.493 e. The van der Waals surface area contributed by atoms with Gasteiger partial charge in [-0.15, -0.1) is 0 Å². The van der Waals surface area contributed by atoms with Gasteiger partial charge in [0.05, 0.1) is 32.2 Å². The quantitative estimate of drug-likeness (QED) is 0.693. The van der Waals surface area contributed by atoms with E-state index in [0.717, 1.165) is 35.4 Å². The van der Waals surface area contributed by atoms with Gasteiger partial charge in [0.2, 0.25) is 15.9 Å². The van der Waals surface area contributed by atoms with Crippen molar-refractivity contribution in [2.24, 2.45) is 0 Å². The highest BCUT2D eigenvalue weighted by Crippen LogP contribution is 2.32. The van der Waals surface area contributed by atoms with Gasteiger partial charge in [-0.25, -0.2) is 8.42 Å². The molecule has 7 nitrogen and oxygen atoms in total. The number of anilines is 1. The van der Waals surface area contributed by atoms with Crippen LogP contribution in [0.3, 0.4) is 0 Å². The van der Waals surface area contributed by atoms with Crippen LogP contribution in [0.2, 0.25) is 0 Å². The van der Waals surface area contributed by atoms with Crippen molar-refractivity contribution in [3.8, 4) is 11.5 Å². The van der Waals surface area contributed by atoms with Gasteiger partial charge in [-0.05, 0) is 55.0 Å². The largest absolute Gasteiger partial charge is 0.493 e. The summed E-state index contributed by atoms with van der Waals surface area (Å²) in [7, 11) is -0.721. The lowest BCUT2D eigenvalue weighted by atomic mass is 10.0. The highest BCUT2D eigenvalue weighted by molar-refractivity contribution is 7.92. The Morgan fingerprint density at radius 1 is 1.07 bits per heavy atom. The number of fused-ring (bicyclic) bond motifs is 1. The van der Waals surface area contributed by atoms with Crippen LogP contribution >= 0.6 is 0 Å². The molecular formula is C22H28N2O5S. The highest BCUT2D eigenvalue weighted by Gasteiger charge is 2.23. The Bertz CT molecular complexity index is 1040. The number of carbonyl (C=O) groups excluding carboxylic acids is 1. The number of methoxy groups -OCH3 is 2. The van der Waals surface area contributed by atoms with E-state index in [1.807, 2.05) is 13.0 Å². The van der Waals surface area contributed by atoms with E-state index >= 15 is 0 Å². The first kappa shape index (κ1) is 22.0. The molecule has 0 saturated heterocycles. The number of sulfonamides is 1. The number of carbonyl (C=O) groups is 1. The van der Waals surface area contributed by atoms with Crippen LogP contribution in [-0.4, -0.2) is 41.3 Å². The van der Waals surface area contributed by atoms with E-state index in [0.29, 0.717) is 17.2 Å². The second-order valence-electron chi connectivity index (χ2n) is 7.48. The van der Waals surface area contributed by atoms with Gasteiger partial charge in [-0.1, -0.05) is 18.2 Å². The monoisotopic (exact) mass is 432 g/mol. The minimum atomic E-state index is -3.69. The van der Waals surface area contributed by atoms with Crippen molar-refractivity contribution in [1.82, 2.24) is 5.32 Å². The van der Waals surface area contributed by atoms with Crippen LogP contribution in [0.4, 0.5) is 5.69 Å². The number of hydrogen-bond donors (Lipinski definition) is 1. The molecule has 0 aliphatic heterocycles. The van der Waals surface area contributed by atoms with Gasteiger partial charge in [0.25, 0.3) is 0 Å². The zero-order valence-corrected chi connectivity index (χ0v) is 18.6. The van der Waals surface area contributed by atoms with E-state index in [-0.39, 0.29) is 18.5 Å². The third-order valence-corrected chi connectivity index (χ3v) is 6.48. The number of aryl methyl sites for hydroxylation is 2. The number of hydrogen-bond acceptors (Lipinski definition) is 5. The number of ether oxygens (including phenoxy) is 2. The molecule has 3 rings (SSSR count). The Kier molecular flexibility index (Phi) is 6.55. The Morgan fingerprint density at radius 2 is 1.77 bits per heavy atom. The predicted octanol–water partition coefficient (Wildman–Crippen LogP) is 2.84. The fourth-order valence-electron chi connectivity index (χ4n) is 3.74. The second kappa shape index (κ2) is 8.95. The molecule has 1 atom stereocenters. The molecule has 1 N–H and O–H groups in total. The van der Waals surface area contributed by atoms with Crippen LogP contribution in [0.15, 0.2) is 36.4 Å². The van der Waals surface area contributed by atoms with E-state index in [9.17, 15) is 13.2 Å². The first-order valence-corrected chi connectivity index (χ1v) is 11.7. The maximum absolute atomic E-state index is 12.7. The Balaban J connectivity index is 1.76. The minimum absolute atomic E-state index is 0.227. The molecule has 0 bridgehead atoms. The van der Waals surface area contributed by atoms with Crippen LogP contribution in [0.5, 0.6) is 11.5 Å². The van der Waals surface area contributed by atoms with Gasteiger partial charge in [0.15, 0.2) is 11.5 Å². The lowest BCUT2D eigenvalue weighted by molar-refractivity contribution is -0.120. The van der Waals surface area contributed by atoms with Crippen molar-refractivity contribution in [3.63, 3.8) is 0 Å². The van der Waals surface area contributed by atoms with Crippen molar-refractivity contribution in [2.75, 3.05) is 31.3 Å². The van der Waals surface area contributed by atoms with Gasteiger partial charge >= 0.3 is 0 Å². The number of nitrogens with one attached hydrogen (secondary N) is 1. The van der Waals surface area contributed by atoms with Gasteiger partial charge in [-0.3, -0.25) is 9.10 Å². The summed E-state index contributed by atoms with van der Waals surface area (Å²) in [5.41, 5.74) is 4.04. The summed E-state index contributed by atoms with van der Waals surface area (Å²) in [5.74, 6) is 0.475. The summed E-state index contributed by atoms with van der Waals surface area (Å²) in [5, 5.41) is 2.91. The topological polar surface area (TPSA) is 84.9 Å². The molecule has 30 heavy (non-hydrogen) atoms. The first-order valence-electron chi connectivity index (χ1n) is 9.83. The van der Waals surface area contributed by atoms with Crippen molar-refractivity contribution < 1.29 is 22.7 Å². The fourth-order valence-corrected chi connectivity index (χ4v) is 4.59. The Labute approximate surface area is 178 Å². The van der Waals surface area contributed by atoms with E-state index in [1.165, 1.54) is 31.4 Å². The molecule has 1 aliphatic carbocycles. The molecule has 1 amide bonds. The molecular weight excluding hydrogens is 404 g/mol. The zero-order valence-electron chi connectivity index (χ0n) is 17.8. The number of nitrogens with zero attached hydrogens (tertiary/aromatic N) is 1. The third-order valence-electron chi connectivity index (χ3n) is 5.34. The molecule has 2 aromatic rings. The molecule has 0 saturated carbocycles. The predicted molar refractivity (Wildman–Crippen MR) is 117 cm³/mol. The summed E-state index contributed by atoms with van der Waals surface area (Å²) in [6.45, 7) is 1.57. The van der Waals surface area contributed by atoms with Crippen LogP contribution in [0, 0.1) is 0 Å². The molecule has 0 spiro atoms. The summed E-state index contributed by atoms with van der Waals surface area (Å²) in [6, 6.07) is 10.8. The normalized spacial score (nSPS) is 14.0. The summed E-state index contributed by atoms with van der Waals surface area (Å²) in [6.07, 6.45) is 4.39. The lowest BCUT2D eigenvalue weighted by Gasteiger charge is -2.24. The van der Waals surface area contributed by atoms with Gasteiger partial charge in [0.1, 0.15) is 6.54 Å². The standard InChI is InChI=1S/C22H28N2O5S/c1-15(17-9-8-16-6-5-7-18(16)12-17)23-22(25)14-24(30(4,26)27)19-10-11-20(28-2)21(13-19)29-3/h8-13,15H,5-7,14H2,1-4H3,(H,23,25)/t15-/m1/s1. The SMILES string of the molecule is COc1ccc(N(CC(=O)N[C@H](C)c2ccc3c(c2)CCC3)S(C)(=O)=O)cc1OC. The first-order chi connectivity index (χ1) is 14.2. The van der Waals surface area contributed by atoms with Crippen molar-refractivity contribution in [1.29, 1.82) is 0 Å². The number of amides is 1. The molecule has 0 unspecified atom stereocenters. The molecule has 1 aliphatic rings. The average Bonchev–Trinajstić information content (AvgIpc) is 3.18. The molecule has 2 aromatic carbocycles. The zero-order chi connectivity index (χ0) is 21.9. The summed E-state index contributed by atoms with van der Waals surface area (Å²) in [4.78, 5) is 12.7. The van der Waals surface area contributed by atoms with E-state index in [1.54, 1.807) is 12.1 Å². The second-order valence-corrected chi connectivity index (χ2v) is 9.39. The number of benzene rings is 2. The van der Waals surface area contributed by atoms with Gasteiger partial charge in [-0.2, -0.15) is 0 Å². The van der Waals surface area contributed by atoms with Gasteiger partial charge < -0.3 is 14.8 Å². The molecule has 0 radical (unpaired) electrons. The number of rotatable bonds is 8. The van der Waals surface area contributed by atoms with Crippen molar-refractivity contribution >= 4 is 21.6 Å². The molecule has 0 fully saturated rings. The lowest BCUT2D eigenvalue weighted by Crippen LogP contribution is -2.41. The Morgan fingerprint density at radius 3 is 2.43 bits per heavy atom. The van der Waals surface area contributed by atoms with Crippen molar-refractivity contribution in [2.45, 2.75) is 32.2 Å². The average molecular weight is 433 g/mol. The van der Waals surface area contributed by atoms with Crippen LogP contribution in [0.25, 0.3) is 0 Å². The van der Waals surface area contributed by atoms with E-state index in [4.69, 9.17) is 9.47 Å². The highest BCUT2D eigenvalue weighted by atomic mass is 32.2. The van der Waals surface area contributed by atoms with E-state index in [2.05, 4.69) is 17.4 Å². The van der Waals surface area contributed by atoms with Crippen molar-refractivity contribution in [3.05, 3.63) is 53.1 Å². The molecule has 162 valence electrons. The van der Waals surface area contributed by atoms with Crippen LogP contribution in [-0.2, 0) is 27.7 Å².